The number of carbonyl (C=O) groups excluding carboxylic acids is 3. The molecule has 0 spiro atoms. The van der Waals surface area contributed by atoms with Crippen LogP contribution >= 0.6 is 0 Å². The van der Waals surface area contributed by atoms with Gasteiger partial charge in [-0.25, -0.2) is 0 Å². The number of hydrogen-bond donors (Lipinski definition) is 0. The van der Waals surface area contributed by atoms with Gasteiger partial charge < -0.3 is 14.2 Å². The van der Waals surface area contributed by atoms with Gasteiger partial charge in [-0.15, -0.1) is 0 Å². The second-order valence-electron chi connectivity index (χ2n) is 18.5. The Morgan fingerprint density at radius 1 is 0.306 bits per heavy atom. The van der Waals surface area contributed by atoms with Crippen molar-refractivity contribution in [3.8, 4) is 0 Å². The van der Waals surface area contributed by atoms with Crippen LogP contribution in [0.2, 0.25) is 0 Å². The molecule has 0 fully saturated rings. The highest BCUT2D eigenvalue weighted by atomic mass is 16.6. The maximum atomic E-state index is 12.8. The van der Waals surface area contributed by atoms with Crippen LogP contribution in [0.5, 0.6) is 0 Å². The van der Waals surface area contributed by atoms with E-state index in [2.05, 4.69) is 45.1 Å². The summed E-state index contributed by atoms with van der Waals surface area (Å²) in [5.41, 5.74) is 0. The zero-order chi connectivity index (χ0) is 45.1. The summed E-state index contributed by atoms with van der Waals surface area (Å²) in [6, 6.07) is 0. The van der Waals surface area contributed by atoms with E-state index in [1.807, 2.05) is 0 Å². The lowest BCUT2D eigenvalue weighted by Crippen LogP contribution is -2.30. The summed E-state index contributed by atoms with van der Waals surface area (Å²) >= 11 is 0. The van der Waals surface area contributed by atoms with E-state index in [0.29, 0.717) is 19.3 Å². The first-order valence-corrected chi connectivity index (χ1v) is 27.3. The average molecular weight is 873 g/mol. The average Bonchev–Trinajstić information content (AvgIpc) is 3.27. The molecule has 0 aromatic carbocycles. The van der Waals surface area contributed by atoms with Crippen LogP contribution < -0.4 is 0 Å². The van der Waals surface area contributed by atoms with Crippen molar-refractivity contribution >= 4 is 17.9 Å². The molecule has 0 aliphatic rings. The number of ether oxygens (including phenoxy) is 3. The molecule has 0 saturated carbocycles. The summed E-state index contributed by atoms with van der Waals surface area (Å²) in [7, 11) is 0. The van der Waals surface area contributed by atoms with Gasteiger partial charge in [-0.1, -0.05) is 257 Å². The third kappa shape index (κ3) is 48.9. The zero-order valence-corrected chi connectivity index (χ0v) is 41.7. The Bertz CT molecular complexity index is 1000. The molecular weight excluding hydrogens is 769 g/mol. The molecule has 364 valence electrons. The molecule has 0 aromatic heterocycles. The van der Waals surface area contributed by atoms with Crippen LogP contribution in [0.15, 0.2) is 24.3 Å². The van der Waals surface area contributed by atoms with Crippen LogP contribution in [0, 0.1) is 0 Å². The maximum Gasteiger partial charge on any atom is 0.306 e. The molecule has 1 atom stereocenters. The van der Waals surface area contributed by atoms with Crippen molar-refractivity contribution in [1.82, 2.24) is 0 Å². The minimum Gasteiger partial charge on any atom is -0.462 e. The van der Waals surface area contributed by atoms with Gasteiger partial charge in [-0.3, -0.25) is 14.4 Å². The topological polar surface area (TPSA) is 78.9 Å². The van der Waals surface area contributed by atoms with Crippen LogP contribution in [0.25, 0.3) is 0 Å². The smallest absolute Gasteiger partial charge is 0.306 e. The lowest BCUT2D eigenvalue weighted by molar-refractivity contribution is -0.166. The molecule has 0 radical (unpaired) electrons. The van der Waals surface area contributed by atoms with Crippen molar-refractivity contribution in [1.29, 1.82) is 0 Å². The van der Waals surface area contributed by atoms with E-state index in [-0.39, 0.29) is 44.0 Å². The quantitative estimate of drug-likeness (QED) is 0.0262. The van der Waals surface area contributed by atoms with Gasteiger partial charge in [0.1, 0.15) is 13.2 Å². The lowest BCUT2D eigenvalue weighted by Gasteiger charge is -2.18. The number of allylic oxidation sites excluding steroid dienone is 4. The van der Waals surface area contributed by atoms with E-state index < -0.39 is 6.10 Å². The molecule has 0 aliphatic heterocycles. The number of unbranched alkanes of at least 4 members (excludes halogenated alkanes) is 35. The monoisotopic (exact) mass is 873 g/mol. The van der Waals surface area contributed by atoms with Gasteiger partial charge in [0.15, 0.2) is 6.10 Å². The van der Waals surface area contributed by atoms with E-state index in [1.54, 1.807) is 0 Å². The number of hydrogen-bond acceptors (Lipinski definition) is 6. The lowest BCUT2D eigenvalue weighted by atomic mass is 10.0. The highest BCUT2D eigenvalue weighted by molar-refractivity contribution is 5.71. The van der Waals surface area contributed by atoms with Crippen molar-refractivity contribution in [2.24, 2.45) is 0 Å². The van der Waals surface area contributed by atoms with Crippen molar-refractivity contribution in [2.45, 2.75) is 303 Å². The minimum atomic E-state index is -0.802. The van der Waals surface area contributed by atoms with Gasteiger partial charge in [-0.05, 0) is 44.9 Å². The normalized spacial score (nSPS) is 12.1. The van der Waals surface area contributed by atoms with Crippen molar-refractivity contribution < 1.29 is 28.6 Å². The fourth-order valence-corrected chi connectivity index (χ4v) is 8.07. The van der Waals surface area contributed by atoms with Gasteiger partial charge >= 0.3 is 17.9 Å². The molecule has 1 unspecified atom stereocenters. The number of carbonyl (C=O) groups is 3. The van der Waals surface area contributed by atoms with Gasteiger partial charge in [0.2, 0.25) is 0 Å². The maximum absolute atomic E-state index is 12.8. The van der Waals surface area contributed by atoms with Crippen molar-refractivity contribution in [3.05, 3.63) is 24.3 Å². The minimum absolute atomic E-state index is 0.0932. The molecular formula is C56H104O6. The van der Waals surface area contributed by atoms with Crippen LogP contribution in [0.3, 0.4) is 0 Å². The Morgan fingerprint density at radius 3 is 0.903 bits per heavy atom. The summed E-state index contributed by atoms with van der Waals surface area (Å²) in [6.45, 7) is 6.61. The van der Waals surface area contributed by atoms with Crippen molar-refractivity contribution in [2.75, 3.05) is 13.2 Å². The Hall–Kier alpha value is -2.11. The standard InChI is InChI=1S/C56H104O6/c1-4-7-10-13-16-19-22-25-28-31-34-37-40-43-46-49-55(58)61-52-53(51-60-54(57)48-45-42-39-36-33-30-27-24-21-18-15-12-9-6-3)62-56(59)50-47-44-41-38-35-32-29-26-23-20-17-14-11-8-5-2/h40-41,43-44,53H,4-39,42,45-52H2,1-3H3. The Kier molecular flexibility index (Phi) is 49.8. The number of rotatable bonds is 50. The molecule has 0 aromatic rings. The SMILES string of the molecule is CCCCCCCCCCCCCC=CCCC(=O)OCC(COC(=O)CCCCCCCCCCCCCCCC)OC(=O)CCC=CCCCCCCCCCCCCC. The fraction of sp³-hybridized carbons (Fsp3) is 0.875. The first-order valence-electron chi connectivity index (χ1n) is 27.3. The zero-order valence-electron chi connectivity index (χ0n) is 41.7. The Balaban J connectivity index is 4.40. The van der Waals surface area contributed by atoms with Crippen LogP contribution in [-0.2, 0) is 28.6 Å². The van der Waals surface area contributed by atoms with Gasteiger partial charge in [-0.2, -0.15) is 0 Å². The predicted octanol–water partition coefficient (Wildman–Crippen LogP) is 17.9. The molecule has 0 bridgehead atoms. The molecule has 0 rings (SSSR count). The molecule has 6 heteroatoms. The van der Waals surface area contributed by atoms with Gasteiger partial charge in [0.05, 0.1) is 0 Å². The van der Waals surface area contributed by atoms with Crippen LogP contribution in [0.1, 0.15) is 297 Å². The number of esters is 3. The third-order valence-electron chi connectivity index (χ3n) is 12.2. The molecule has 0 saturated heterocycles. The second-order valence-corrected chi connectivity index (χ2v) is 18.5. The largest absolute Gasteiger partial charge is 0.462 e. The van der Waals surface area contributed by atoms with Crippen LogP contribution in [-0.4, -0.2) is 37.2 Å². The van der Waals surface area contributed by atoms with E-state index >= 15 is 0 Å². The summed E-state index contributed by atoms with van der Waals surface area (Å²) in [5, 5.41) is 0. The van der Waals surface area contributed by atoms with Crippen molar-refractivity contribution in [3.63, 3.8) is 0 Å². The summed E-state index contributed by atoms with van der Waals surface area (Å²) < 4.78 is 16.7. The first-order chi connectivity index (χ1) is 30.5. The van der Waals surface area contributed by atoms with E-state index in [1.165, 1.54) is 212 Å². The Morgan fingerprint density at radius 2 is 0.565 bits per heavy atom. The predicted molar refractivity (Wildman–Crippen MR) is 266 cm³/mol. The molecule has 0 heterocycles. The molecule has 0 amide bonds. The molecule has 6 nitrogen and oxygen atoms in total. The van der Waals surface area contributed by atoms with E-state index in [4.69, 9.17) is 14.2 Å². The van der Waals surface area contributed by atoms with E-state index in [9.17, 15) is 14.4 Å². The second kappa shape index (κ2) is 51.5. The fourth-order valence-electron chi connectivity index (χ4n) is 8.07. The summed E-state index contributed by atoms with van der Waals surface area (Å²) in [5.74, 6) is -0.979. The highest BCUT2D eigenvalue weighted by Crippen LogP contribution is 2.16. The Labute approximate surface area is 385 Å². The summed E-state index contributed by atoms with van der Waals surface area (Å²) in [4.78, 5) is 38.0. The summed E-state index contributed by atoms with van der Waals surface area (Å²) in [6.07, 6.45) is 59.0. The third-order valence-corrected chi connectivity index (χ3v) is 12.2. The highest BCUT2D eigenvalue weighted by Gasteiger charge is 2.19. The van der Waals surface area contributed by atoms with Crippen LogP contribution in [0.4, 0.5) is 0 Å². The molecule has 62 heavy (non-hydrogen) atoms. The molecule has 0 N–H and O–H groups in total. The molecule has 0 aliphatic carbocycles. The van der Waals surface area contributed by atoms with E-state index in [0.717, 1.165) is 32.1 Å². The van der Waals surface area contributed by atoms with Gasteiger partial charge in [0, 0.05) is 19.3 Å². The first kappa shape index (κ1) is 59.9. The van der Waals surface area contributed by atoms with Gasteiger partial charge in [0.25, 0.3) is 0 Å².